The lowest BCUT2D eigenvalue weighted by Gasteiger charge is -2.13. The van der Waals surface area contributed by atoms with Crippen LogP contribution >= 0.6 is 0 Å². The van der Waals surface area contributed by atoms with Crippen molar-refractivity contribution in [2.24, 2.45) is 0 Å². The first-order chi connectivity index (χ1) is 13.4. The van der Waals surface area contributed by atoms with Crippen molar-refractivity contribution in [1.29, 1.82) is 0 Å². The molecule has 0 aromatic heterocycles. The van der Waals surface area contributed by atoms with Gasteiger partial charge in [0.15, 0.2) is 9.84 Å². The Hall–Kier alpha value is -3.12. The van der Waals surface area contributed by atoms with E-state index in [1.807, 2.05) is 36.4 Å². The van der Waals surface area contributed by atoms with Gasteiger partial charge in [-0.15, -0.1) is 0 Å². The second-order valence-corrected chi connectivity index (χ2v) is 8.40. The van der Waals surface area contributed by atoms with Crippen LogP contribution in [0.1, 0.15) is 21.5 Å². The Kier molecular flexibility index (Phi) is 5.80. The number of carbonyl (C=O) groups is 1. The molecule has 3 aromatic rings. The van der Waals surface area contributed by atoms with Gasteiger partial charge in [0.25, 0.3) is 5.91 Å². The lowest BCUT2D eigenvalue weighted by molar-refractivity contribution is 0.102. The third-order valence-electron chi connectivity index (χ3n) is 4.31. The highest BCUT2D eigenvalue weighted by Gasteiger charge is 2.18. The number of anilines is 1. The normalized spacial score (nSPS) is 11.1. The van der Waals surface area contributed by atoms with Gasteiger partial charge in [0, 0.05) is 23.9 Å². The Morgan fingerprint density at radius 2 is 1.64 bits per heavy atom. The van der Waals surface area contributed by atoms with Crippen molar-refractivity contribution >= 4 is 21.4 Å². The highest BCUT2D eigenvalue weighted by molar-refractivity contribution is 7.90. The summed E-state index contributed by atoms with van der Waals surface area (Å²) in [5.41, 5.74) is 2.72. The fourth-order valence-corrected chi connectivity index (χ4v) is 3.87. The summed E-state index contributed by atoms with van der Waals surface area (Å²) in [6, 6.07) is 21.5. The number of amides is 1. The van der Waals surface area contributed by atoms with Crippen LogP contribution in [0.3, 0.4) is 0 Å². The average molecular weight is 395 g/mol. The van der Waals surface area contributed by atoms with E-state index >= 15 is 0 Å². The largest absolute Gasteiger partial charge is 0.496 e. The molecule has 0 aliphatic heterocycles. The number of benzene rings is 3. The van der Waals surface area contributed by atoms with E-state index in [-0.39, 0.29) is 10.5 Å². The van der Waals surface area contributed by atoms with E-state index in [1.165, 1.54) is 12.1 Å². The number of methoxy groups -OCH3 is 1. The second kappa shape index (κ2) is 8.27. The van der Waals surface area contributed by atoms with E-state index in [2.05, 4.69) is 5.32 Å². The zero-order valence-electron chi connectivity index (χ0n) is 15.7. The minimum atomic E-state index is -3.51. The monoisotopic (exact) mass is 395 g/mol. The third-order valence-corrected chi connectivity index (χ3v) is 5.46. The third kappa shape index (κ3) is 4.58. The summed E-state index contributed by atoms with van der Waals surface area (Å²) in [4.78, 5) is 12.7. The van der Waals surface area contributed by atoms with Crippen LogP contribution in [0.5, 0.6) is 5.75 Å². The molecule has 0 atom stereocenters. The van der Waals surface area contributed by atoms with Gasteiger partial charge in [-0.2, -0.15) is 0 Å². The molecule has 6 heteroatoms. The number of hydrogen-bond donors (Lipinski definition) is 1. The summed E-state index contributed by atoms with van der Waals surface area (Å²) in [5, 5.41) is 2.79. The van der Waals surface area contributed by atoms with Crippen LogP contribution in [0.15, 0.2) is 77.7 Å². The fraction of sp³-hybridized carbons (Fsp3) is 0.136. The van der Waals surface area contributed by atoms with E-state index < -0.39 is 15.7 Å². The standard InChI is InChI=1S/C22H21NO4S/c1-27-20-13-12-18(15-17(20)14-16-8-4-3-5-9-16)23-22(24)19-10-6-7-11-21(19)28(2,25)26/h3-13,15H,14H2,1-2H3,(H,23,24). The molecule has 0 unspecified atom stereocenters. The lowest BCUT2D eigenvalue weighted by atomic mass is 10.0. The van der Waals surface area contributed by atoms with E-state index in [1.54, 1.807) is 31.4 Å². The Morgan fingerprint density at radius 1 is 0.964 bits per heavy atom. The molecule has 0 saturated carbocycles. The van der Waals surface area contributed by atoms with Gasteiger partial charge in [-0.05, 0) is 35.9 Å². The molecular weight excluding hydrogens is 374 g/mol. The number of carbonyl (C=O) groups excluding carboxylic acids is 1. The van der Waals surface area contributed by atoms with E-state index in [9.17, 15) is 13.2 Å². The summed E-state index contributed by atoms with van der Waals surface area (Å²) in [5.74, 6) is 0.246. The molecule has 144 valence electrons. The molecule has 1 N–H and O–H groups in total. The van der Waals surface area contributed by atoms with Crippen molar-refractivity contribution in [2.45, 2.75) is 11.3 Å². The molecule has 0 fully saturated rings. The highest BCUT2D eigenvalue weighted by Crippen LogP contribution is 2.26. The summed E-state index contributed by atoms with van der Waals surface area (Å²) >= 11 is 0. The van der Waals surface area contributed by atoms with Crippen molar-refractivity contribution < 1.29 is 17.9 Å². The minimum absolute atomic E-state index is 0.00511. The first-order valence-corrected chi connectivity index (χ1v) is 10.6. The van der Waals surface area contributed by atoms with E-state index in [4.69, 9.17) is 4.74 Å². The molecule has 0 heterocycles. The number of hydrogen-bond acceptors (Lipinski definition) is 4. The van der Waals surface area contributed by atoms with Crippen molar-refractivity contribution in [2.75, 3.05) is 18.7 Å². The topological polar surface area (TPSA) is 72.5 Å². The quantitative estimate of drug-likeness (QED) is 0.686. The zero-order chi connectivity index (χ0) is 20.1. The van der Waals surface area contributed by atoms with Crippen LogP contribution in [0.25, 0.3) is 0 Å². The fourth-order valence-electron chi connectivity index (χ4n) is 2.99. The maximum absolute atomic E-state index is 12.7. The first-order valence-electron chi connectivity index (χ1n) is 8.70. The van der Waals surface area contributed by atoms with E-state index in [0.717, 1.165) is 23.1 Å². The maximum Gasteiger partial charge on any atom is 0.256 e. The summed E-state index contributed by atoms with van der Waals surface area (Å²) in [6.45, 7) is 0. The first kappa shape index (κ1) is 19.6. The number of ether oxygens (including phenoxy) is 1. The molecule has 5 nitrogen and oxygen atoms in total. The van der Waals surface area contributed by atoms with Crippen LogP contribution in [-0.4, -0.2) is 27.7 Å². The van der Waals surface area contributed by atoms with Crippen LogP contribution in [0.2, 0.25) is 0 Å². The van der Waals surface area contributed by atoms with Gasteiger partial charge in [0.2, 0.25) is 0 Å². The van der Waals surface area contributed by atoms with Gasteiger partial charge in [-0.1, -0.05) is 42.5 Å². The average Bonchev–Trinajstić information content (AvgIpc) is 2.68. The van der Waals surface area contributed by atoms with E-state index in [0.29, 0.717) is 12.1 Å². The molecule has 0 bridgehead atoms. The zero-order valence-corrected chi connectivity index (χ0v) is 16.5. The Balaban J connectivity index is 1.89. The molecule has 0 aliphatic carbocycles. The SMILES string of the molecule is COc1ccc(NC(=O)c2ccccc2S(C)(=O)=O)cc1Cc1ccccc1. The van der Waals surface area contributed by atoms with Crippen molar-refractivity contribution in [3.63, 3.8) is 0 Å². The number of sulfone groups is 1. The lowest BCUT2D eigenvalue weighted by Crippen LogP contribution is -2.16. The smallest absolute Gasteiger partial charge is 0.256 e. The molecule has 0 saturated heterocycles. The summed E-state index contributed by atoms with van der Waals surface area (Å²) in [6.07, 6.45) is 1.73. The van der Waals surface area contributed by atoms with Gasteiger partial charge >= 0.3 is 0 Å². The maximum atomic E-state index is 12.7. The van der Waals surface area contributed by atoms with Crippen molar-refractivity contribution in [3.8, 4) is 5.75 Å². The molecule has 3 rings (SSSR count). The highest BCUT2D eigenvalue weighted by atomic mass is 32.2. The van der Waals surface area contributed by atoms with Crippen LogP contribution in [0.4, 0.5) is 5.69 Å². The molecule has 0 aliphatic rings. The van der Waals surface area contributed by atoms with Crippen molar-refractivity contribution in [1.82, 2.24) is 0 Å². The molecule has 3 aromatic carbocycles. The van der Waals surface area contributed by atoms with Gasteiger partial charge in [-0.25, -0.2) is 8.42 Å². The molecule has 0 spiro atoms. The minimum Gasteiger partial charge on any atom is -0.496 e. The predicted molar refractivity (Wildman–Crippen MR) is 110 cm³/mol. The predicted octanol–water partition coefficient (Wildman–Crippen LogP) is 3.94. The Morgan fingerprint density at radius 3 is 2.32 bits per heavy atom. The number of rotatable bonds is 6. The second-order valence-electron chi connectivity index (χ2n) is 6.41. The molecule has 1 amide bonds. The van der Waals surface area contributed by atoms with Gasteiger partial charge in [0.05, 0.1) is 17.6 Å². The van der Waals surface area contributed by atoms with Crippen LogP contribution < -0.4 is 10.1 Å². The van der Waals surface area contributed by atoms with Gasteiger partial charge < -0.3 is 10.1 Å². The van der Waals surface area contributed by atoms with Crippen LogP contribution in [-0.2, 0) is 16.3 Å². The number of nitrogens with one attached hydrogen (secondary N) is 1. The molecule has 28 heavy (non-hydrogen) atoms. The summed E-state index contributed by atoms with van der Waals surface area (Å²) < 4.78 is 29.3. The molecule has 0 radical (unpaired) electrons. The van der Waals surface area contributed by atoms with Gasteiger partial charge in [0.1, 0.15) is 5.75 Å². The van der Waals surface area contributed by atoms with Crippen LogP contribution in [0, 0.1) is 0 Å². The summed E-state index contributed by atoms with van der Waals surface area (Å²) in [7, 11) is -1.91. The van der Waals surface area contributed by atoms with Crippen molar-refractivity contribution in [3.05, 3.63) is 89.5 Å². The Labute approximate surface area is 164 Å². The molecular formula is C22H21NO4S. The van der Waals surface area contributed by atoms with Gasteiger partial charge in [-0.3, -0.25) is 4.79 Å². The Bertz CT molecular complexity index is 1090.